The largest absolute Gasteiger partial charge is 0.339 e. The molecule has 2 aromatic carbocycles. The van der Waals surface area contributed by atoms with E-state index in [0.29, 0.717) is 17.0 Å². The average molecular weight is 335 g/mol. The molecule has 1 saturated heterocycles. The molecule has 0 spiro atoms. The number of amides is 1. The summed E-state index contributed by atoms with van der Waals surface area (Å²) in [5.74, 6) is 0.567. The third kappa shape index (κ3) is 3.65. The number of rotatable bonds is 3. The second kappa shape index (κ2) is 7.22. The van der Waals surface area contributed by atoms with Crippen LogP contribution in [0.1, 0.15) is 61.7 Å². The van der Waals surface area contributed by atoms with E-state index < -0.39 is 0 Å². The van der Waals surface area contributed by atoms with Crippen LogP contribution >= 0.6 is 0 Å². The molecule has 0 saturated carbocycles. The summed E-state index contributed by atoms with van der Waals surface area (Å²) in [6.45, 7) is 7.47. The van der Waals surface area contributed by atoms with Crippen molar-refractivity contribution in [2.24, 2.45) is 0 Å². The van der Waals surface area contributed by atoms with Crippen LogP contribution in [0.2, 0.25) is 0 Å². The first-order valence-corrected chi connectivity index (χ1v) is 8.92. The molecule has 0 atom stereocenters. The molecule has 0 radical (unpaired) electrons. The Labute approximate surface area is 149 Å². The van der Waals surface area contributed by atoms with Crippen LogP contribution in [0.5, 0.6) is 0 Å². The van der Waals surface area contributed by atoms with Gasteiger partial charge in [-0.05, 0) is 62.3 Å². The quantitative estimate of drug-likeness (QED) is 0.778. The molecule has 2 aromatic rings. The van der Waals surface area contributed by atoms with Gasteiger partial charge in [0.2, 0.25) is 0 Å². The minimum atomic E-state index is 0.0444. The molecular weight excluding hydrogens is 310 g/mol. The van der Waals surface area contributed by atoms with Crippen molar-refractivity contribution in [3.05, 3.63) is 69.8 Å². The molecule has 1 aliphatic rings. The number of nitrogens with zero attached hydrogens (tertiary/aromatic N) is 1. The van der Waals surface area contributed by atoms with Crippen LogP contribution in [0.25, 0.3) is 0 Å². The lowest BCUT2D eigenvalue weighted by Gasteiger charge is -2.32. The van der Waals surface area contributed by atoms with E-state index in [0.717, 1.165) is 43.3 Å². The van der Waals surface area contributed by atoms with Crippen LogP contribution in [0.3, 0.4) is 0 Å². The van der Waals surface area contributed by atoms with E-state index in [9.17, 15) is 9.59 Å². The highest BCUT2D eigenvalue weighted by molar-refractivity contribution is 5.97. The van der Waals surface area contributed by atoms with Crippen LogP contribution in [-0.4, -0.2) is 30.2 Å². The molecule has 1 heterocycles. The van der Waals surface area contributed by atoms with Gasteiger partial charge in [0.25, 0.3) is 5.91 Å². The van der Waals surface area contributed by atoms with Gasteiger partial charge >= 0.3 is 0 Å². The SMILES string of the molecule is Cc1ccc(C2CCN(C(=O)c3cc(C=O)c(C)cc3C)CC2)cc1. The van der Waals surface area contributed by atoms with Crippen molar-refractivity contribution in [1.29, 1.82) is 0 Å². The average Bonchev–Trinajstić information content (AvgIpc) is 2.62. The third-order valence-electron chi connectivity index (χ3n) is 5.30. The summed E-state index contributed by atoms with van der Waals surface area (Å²) in [7, 11) is 0. The van der Waals surface area contributed by atoms with Gasteiger partial charge in [0.15, 0.2) is 0 Å². The number of hydrogen-bond donors (Lipinski definition) is 0. The number of piperidine rings is 1. The number of likely N-dealkylation sites (tertiary alicyclic amines) is 1. The minimum Gasteiger partial charge on any atom is -0.339 e. The summed E-state index contributed by atoms with van der Waals surface area (Å²) >= 11 is 0. The molecule has 3 rings (SSSR count). The van der Waals surface area contributed by atoms with E-state index in [2.05, 4.69) is 31.2 Å². The molecule has 130 valence electrons. The van der Waals surface area contributed by atoms with Crippen molar-refractivity contribution in [3.8, 4) is 0 Å². The van der Waals surface area contributed by atoms with Crippen molar-refractivity contribution in [2.75, 3.05) is 13.1 Å². The molecule has 3 nitrogen and oxygen atoms in total. The van der Waals surface area contributed by atoms with Gasteiger partial charge in [-0.2, -0.15) is 0 Å². The van der Waals surface area contributed by atoms with Gasteiger partial charge in [-0.25, -0.2) is 0 Å². The van der Waals surface area contributed by atoms with Gasteiger partial charge in [0.1, 0.15) is 6.29 Å². The van der Waals surface area contributed by atoms with Crippen molar-refractivity contribution in [3.63, 3.8) is 0 Å². The molecule has 0 aliphatic carbocycles. The maximum Gasteiger partial charge on any atom is 0.254 e. The first-order valence-electron chi connectivity index (χ1n) is 8.92. The van der Waals surface area contributed by atoms with Gasteiger partial charge in [-0.1, -0.05) is 35.9 Å². The fourth-order valence-electron chi connectivity index (χ4n) is 3.65. The second-order valence-corrected chi connectivity index (χ2v) is 7.12. The summed E-state index contributed by atoms with van der Waals surface area (Å²) < 4.78 is 0. The second-order valence-electron chi connectivity index (χ2n) is 7.12. The third-order valence-corrected chi connectivity index (χ3v) is 5.30. The Balaban J connectivity index is 1.71. The van der Waals surface area contributed by atoms with Crippen molar-refractivity contribution in [1.82, 2.24) is 4.90 Å². The molecule has 0 bridgehead atoms. The Hall–Kier alpha value is -2.42. The zero-order valence-corrected chi connectivity index (χ0v) is 15.2. The Morgan fingerprint density at radius 3 is 2.24 bits per heavy atom. The Bertz CT molecular complexity index is 784. The standard InChI is InChI=1S/C22H25NO2/c1-15-4-6-18(7-5-15)19-8-10-23(11-9-19)22(25)21-13-20(14-24)16(2)12-17(21)3/h4-7,12-14,19H,8-11H2,1-3H3. The van der Waals surface area contributed by atoms with Gasteiger partial charge in [0.05, 0.1) is 0 Å². The Morgan fingerprint density at radius 2 is 1.64 bits per heavy atom. The van der Waals surface area contributed by atoms with Gasteiger partial charge in [-0.3, -0.25) is 9.59 Å². The number of benzene rings is 2. The molecule has 0 aromatic heterocycles. The number of carbonyl (C=O) groups is 2. The lowest BCUT2D eigenvalue weighted by Crippen LogP contribution is -2.38. The number of hydrogen-bond acceptors (Lipinski definition) is 2. The molecule has 1 amide bonds. The van der Waals surface area contributed by atoms with Crippen molar-refractivity contribution < 1.29 is 9.59 Å². The van der Waals surface area contributed by atoms with E-state index >= 15 is 0 Å². The Kier molecular flexibility index (Phi) is 5.03. The monoisotopic (exact) mass is 335 g/mol. The first kappa shape index (κ1) is 17.4. The molecule has 0 N–H and O–H groups in total. The normalized spacial score (nSPS) is 15.2. The zero-order valence-electron chi connectivity index (χ0n) is 15.2. The molecular formula is C22H25NO2. The smallest absolute Gasteiger partial charge is 0.254 e. The number of aryl methyl sites for hydroxylation is 3. The highest BCUT2D eigenvalue weighted by atomic mass is 16.2. The van der Waals surface area contributed by atoms with E-state index in [1.807, 2.05) is 24.8 Å². The summed E-state index contributed by atoms with van der Waals surface area (Å²) in [5, 5.41) is 0. The highest BCUT2D eigenvalue weighted by Gasteiger charge is 2.25. The topological polar surface area (TPSA) is 37.4 Å². The van der Waals surface area contributed by atoms with Crippen LogP contribution in [0.15, 0.2) is 36.4 Å². The number of carbonyl (C=O) groups excluding carboxylic acids is 2. The maximum atomic E-state index is 12.9. The van der Waals surface area contributed by atoms with Crippen LogP contribution in [0.4, 0.5) is 0 Å². The molecule has 25 heavy (non-hydrogen) atoms. The summed E-state index contributed by atoms with van der Waals surface area (Å²) in [6, 6.07) is 12.4. The van der Waals surface area contributed by atoms with Crippen molar-refractivity contribution in [2.45, 2.75) is 39.5 Å². The lowest BCUT2D eigenvalue weighted by molar-refractivity contribution is 0.0712. The lowest BCUT2D eigenvalue weighted by atomic mass is 9.88. The number of aldehydes is 1. The fraction of sp³-hybridized carbons (Fsp3) is 0.364. The summed E-state index contributed by atoms with van der Waals surface area (Å²) in [6.07, 6.45) is 2.80. The van der Waals surface area contributed by atoms with Crippen LogP contribution in [0, 0.1) is 20.8 Å². The molecule has 1 aliphatic heterocycles. The van der Waals surface area contributed by atoms with Gasteiger partial charge < -0.3 is 4.90 Å². The molecule has 3 heteroatoms. The summed E-state index contributed by atoms with van der Waals surface area (Å²) in [4.78, 5) is 26.0. The zero-order chi connectivity index (χ0) is 18.0. The van der Waals surface area contributed by atoms with E-state index in [-0.39, 0.29) is 5.91 Å². The first-order chi connectivity index (χ1) is 12.0. The van der Waals surface area contributed by atoms with E-state index in [1.54, 1.807) is 6.07 Å². The fourth-order valence-corrected chi connectivity index (χ4v) is 3.65. The van der Waals surface area contributed by atoms with Gasteiger partial charge in [0, 0.05) is 24.2 Å². The van der Waals surface area contributed by atoms with E-state index in [4.69, 9.17) is 0 Å². The maximum absolute atomic E-state index is 12.9. The van der Waals surface area contributed by atoms with Crippen LogP contribution in [-0.2, 0) is 0 Å². The van der Waals surface area contributed by atoms with Gasteiger partial charge in [-0.15, -0.1) is 0 Å². The molecule has 1 fully saturated rings. The van der Waals surface area contributed by atoms with Crippen LogP contribution < -0.4 is 0 Å². The molecule has 0 unspecified atom stereocenters. The predicted octanol–water partition coefficient (Wildman–Crippen LogP) is 4.44. The van der Waals surface area contributed by atoms with Crippen molar-refractivity contribution >= 4 is 12.2 Å². The summed E-state index contributed by atoms with van der Waals surface area (Å²) in [5.41, 5.74) is 5.76. The minimum absolute atomic E-state index is 0.0444. The predicted molar refractivity (Wildman–Crippen MR) is 100 cm³/mol. The Morgan fingerprint density at radius 1 is 1.00 bits per heavy atom. The highest BCUT2D eigenvalue weighted by Crippen LogP contribution is 2.29. The van der Waals surface area contributed by atoms with E-state index in [1.165, 1.54) is 11.1 Å².